The van der Waals surface area contributed by atoms with Crippen LogP contribution in [0.5, 0.6) is 0 Å². The van der Waals surface area contributed by atoms with Gasteiger partial charge in [0, 0.05) is 13.1 Å². The fourth-order valence-corrected chi connectivity index (χ4v) is 4.81. The van der Waals surface area contributed by atoms with E-state index in [4.69, 9.17) is 9.05 Å². The lowest BCUT2D eigenvalue weighted by Crippen LogP contribution is -2.24. The van der Waals surface area contributed by atoms with E-state index >= 15 is 0 Å². The Hall–Kier alpha value is 0.110. The Labute approximate surface area is 143 Å². The fourth-order valence-electron chi connectivity index (χ4n) is 2.92. The van der Waals surface area contributed by atoms with Crippen LogP contribution in [0.4, 0.5) is 0 Å². The zero-order valence-electron chi connectivity index (χ0n) is 15.4. The molecule has 0 radical (unpaired) electrons. The highest BCUT2D eigenvalue weighted by Gasteiger charge is 2.33. The maximum atomic E-state index is 13.3. The predicted molar refractivity (Wildman–Crippen MR) is 97.8 cm³/mol. The second-order valence-electron chi connectivity index (χ2n) is 6.62. The van der Waals surface area contributed by atoms with Crippen LogP contribution in [-0.4, -0.2) is 31.0 Å². The molecule has 0 bridgehead atoms. The average Bonchev–Trinajstić information content (AvgIpc) is 2.84. The molecule has 1 aliphatic rings. The van der Waals surface area contributed by atoms with Crippen LogP contribution in [0.15, 0.2) is 0 Å². The summed E-state index contributed by atoms with van der Waals surface area (Å²) in [5, 5.41) is 0. The molecule has 0 amide bonds. The van der Waals surface area contributed by atoms with Gasteiger partial charge in [0.05, 0.1) is 13.2 Å². The zero-order valence-corrected chi connectivity index (χ0v) is 16.3. The number of hydrogen-bond acceptors (Lipinski definition) is 3. The molecule has 0 aromatic carbocycles. The standard InChI is InChI=1S/C18H38NO3P/c1-3-5-7-13-17-21-23(20,22-18-14-8-6-4-2)19-15-11-9-10-12-16-19/h3-18H2,1-2H3. The molecule has 138 valence electrons. The average molecular weight is 347 g/mol. The lowest BCUT2D eigenvalue weighted by atomic mass is 10.2. The first-order chi connectivity index (χ1) is 11.2. The van der Waals surface area contributed by atoms with E-state index in [1.807, 2.05) is 4.67 Å². The van der Waals surface area contributed by atoms with Crippen molar-refractivity contribution in [2.75, 3.05) is 26.3 Å². The SMILES string of the molecule is CCCCCCOP(=O)(OCCCCCC)N1CCCCCC1. The van der Waals surface area contributed by atoms with Gasteiger partial charge >= 0.3 is 7.75 Å². The Morgan fingerprint density at radius 1 is 0.739 bits per heavy atom. The van der Waals surface area contributed by atoms with E-state index in [1.165, 1.54) is 38.5 Å². The minimum atomic E-state index is -3.09. The van der Waals surface area contributed by atoms with Crippen LogP contribution in [0.2, 0.25) is 0 Å². The monoisotopic (exact) mass is 347 g/mol. The Morgan fingerprint density at radius 2 is 1.22 bits per heavy atom. The minimum absolute atomic E-state index is 0.558. The summed E-state index contributed by atoms with van der Waals surface area (Å²) in [6, 6.07) is 0. The highest BCUT2D eigenvalue weighted by molar-refractivity contribution is 7.51. The first-order valence-corrected chi connectivity index (χ1v) is 11.4. The number of rotatable bonds is 13. The van der Waals surface area contributed by atoms with Crippen molar-refractivity contribution in [3.05, 3.63) is 0 Å². The Bertz CT molecular complexity index is 299. The molecule has 1 heterocycles. The van der Waals surface area contributed by atoms with Crippen LogP contribution in [-0.2, 0) is 13.6 Å². The van der Waals surface area contributed by atoms with E-state index in [-0.39, 0.29) is 0 Å². The van der Waals surface area contributed by atoms with Crippen molar-refractivity contribution in [2.24, 2.45) is 0 Å². The highest BCUT2D eigenvalue weighted by Crippen LogP contribution is 2.53. The molecular formula is C18H38NO3P. The van der Waals surface area contributed by atoms with Crippen LogP contribution in [0.25, 0.3) is 0 Å². The third kappa shape index (κ3) is 9.24. The maximum absolute atomic E-state index is 13.3. The summed E-state index contributed by atoms with van der Waals surface area (Å²) in [5.74, 6) is 0. The highest BCUT2D eigenvalue weighted by atomic mass is 31.2. The molecule has 5 heteroatoms. The van der Waals surface area contributed by atoms with Gasteiger partial charge in [-0.3, -0.25) is 9.05 Å². The van der Waals surface area contributed by atoms with Crippen LogP contribution < -0.4 is 0 Å². The zero-order chi connectivity index (χ0) is 16.8. The van der Waals surface area contributed by atoms with Gasteiger partial charge in [-0.1, -0.05) is 65.2 Å². The van der Waals surface area contributed by atoms with Gasteiger partial charge in [0.1, 0.15) is 0 Å². The van der Waals surface area contributed by atoms with Gasteiger partial charge in [0.2, 0.25) is 0 Å². The summed E-state index contributed by atoms with van der Waals surface area (Å²) in [6.07, 6.45) is 13.7. The van der Waals surface area contributed by atoms with Crippen molar-refractivity contribution in [3.8, 4) is 0 Å². The molecule has 0 saturated carbocycles. The Kier molecular flexibility index (Phi) is 12.3. The molecule has 0 spiro atoms. The number of unbranched alkanes of at least 4 members (excludes halogenated alkanes) is 6. The summed E-state index contributed by atoms with van der Waals surface area (Å²) in [4.78, 5) is 0. The molecule has 1 saturated heterocycles. The van der Waals surface area contributed by atoms with Crippen molar-refractivity contribution < 1.29 is 13.6 Å². The van der Waals surface area contributed by atoms with Gasteiger partial charge in [-0.25, -0.2) is 9.24 Å². The molecule has 0 aromatic rings. The van der Waals surface area contributed by atoms with Crippen LogP contribution >= 0.6 is 7.75 Å². The topological polar surface area (TPSA) is 38.8 Å². The van der Waals surface area contributed by atoms with Crippen molar-refractivity contribution in [2.45, 2.75) is 90.9 Å². The van der Waals surface area contributed by atoms with Gasteiger partial charge in [0.15, 0.2) is 0 Å². The van der Waals surface area contributed by atoms with Crippen LogP contribution in [0.3, 0.4) is 0 Å². The molecule has 0 N–H and O–H groups in total. The molecule has 0 atom stereocenters. The summed E-state index contributed by atoms with van der Waals surface area (Å²) >= 11 is 0. The maximum Gasteiger partial charge on any atom is 0.408 e. The second kappa shape index (κ2) is 13.4. The summed E-state index contributed by atoms with van der Waals surface area (Å²) in [7, 11) is -3.09. The molecule has 1 fully saturated rings. The van der Waals surface area contributed by atoms with E-state index in [2.05, 4.69) is 13.8 Å². The molecule has 0 aliphatic carbocycles. The molecule has 1 rings (SSSR count). The third-order valence-corrected chi connectivity index (χ3v) is 6.54. The fraction of sp³-hybridized carbons (Fsp3) is 1.00. The third-order valence-electron chi connectivity index (χ3n) is 4.43. The first-order valence-electron chi connectivity index (χ1n) is 9.87. The van der Waals surface area contributed by atoms with Gasteiger partial charge in [-0.2, -0.15) is 0 Å². The van der Waals surface area contributed by atoms with Gasteiger partial charge in [-0.05, 0) is 25.7 Å². The van der Waals surface area contributed by atoms with E-state index in [1.54, 1.807) is 0 Å². The van der Waals surface area contributed by atoms with Crippen LogP contribution in [0.1, 0.15) is 90.9 Å². The molecular weight excluding hydrogens is 309 g/mol. The summed E-state index contributed by atoms with van der Waals surface area (Å²) in [6.45, 7) is 7.21. The van der Waals surface area contributed by atoms with Crippen molar-refractivity contribution in [3.63, 3.8) is 0 Å². The lowest BCUT2D eigenvalue weighted by molar-refractivity contribution is 0.152. The molecule has 23 heavy (non-hydrogen) atoms. The van der Waals surface area contributed by atoms with Gasteiger partial charge in [-0.15, -0.1) is 0 Å². The first kappa shape index (κ1) is 21.2. The number of hydrogen-bond donors (Lipinski definition) is 0. The minimum Gasteiger partial charge on any atom is -0.297 e. The van der Waals surface area contributed by atoms with E-state index < -0.39 is 7.75 Å². The summed E-state index contributed by atoms with van der Waals surface area (Å²) in [5.41, 5.74) is 0. The summed E-state index contributed by atoms with van der Waals surface area (Å²) < 4.78 is 26.9. The van der Waals surface area contributed by atoms with E-state index in [9.17, 15) is 4.57 Å². The quantitative estimate of drug-likeness (QED) is 0.295. The van der Waals surface area contributed by atoms with Gasteiger partial charge < -0.3 is 0 Å². The van der Waals surface area contributed by atoms with Crippen molar-refractivity contribution in [1.29, 1.82) is 0 Å². The van der Waals surface area contributed by atoms with E-state index in [0.29, 0.717) is 13.2 Å². The van der Waals surface area contributed by atoms with Crippen molar-refractivity contribution >= 4 is 7.75 Å². The Balaban J connectivity index is 2.45. The van der Waals surface area contributed by atoms with Crippen molar-refractivity contribution in [1.82, 2.24) is 4.67 Å². The largest absolute Gasteiger partial charge is 0.408 e. The smallest absolute Gasteiger partial charge is 0.297 e. The molecule has 4 nitrogen and oxygen atoms in total. The molecule has 0 aromatic heterocycles. The second-order valence-corrected chi connectivity index (χ2v) is 8.64. The van der Waals surface area contributed by atoms with E-state index in [0.717, 1.165) is 51.6 Å². The number of nitrogens with zero attached hydrogens (tertiary/aromatic N) is 1. The molecule has 1 aliphatic heterocycles. The van der Waals surface area contributed by atoms with Crippen LogP contribution in [0, 0.1) is 0 Å². The lowest BCUT2D eigenvalue weighted by Gasteiger charge is -2.29. The normalized spacial score (nSPS) is 17.3. The molecule has 0 unspecified atom stereocenters. The predicted octanol–water partition coefficient (Wildman–Crippen LogP) is 6.16. The Morgan fingerprint density at radius 3 is 1.65 bits per heavy atom. The van der Waals surface area contributed by atoms with Gasteiger partial charge in [0.25, 0.3) is 0 Å².